The normalized spacial score (nSPS) is 18.1. The fraction of sp³-hybridized carbons (Fsp3) is 0.467. The number of halogens is 1. The maximum atomic E-state index is 4.88. The van der Waals surface area contributed by atoms with Crippen LogP contribution in [0.25, 0.3) is 0 Å². The van der Waals surface area contributed by atoms with E-state index in [9.17, 15) is 0 Å². The number of hydrogen-bond acceptors (Lipinski definition) is 4. The molecule has 1 unspecified atom stereocenters. The molecule has 1 aliphatic heterocycles. The van der Waals surface area contributed by atoms with Crippen molar-refractivity contribution in [2.45, 2.75) is 29.5 Å². The minimum atomic E-state index is 0. The molecule has 0 spiro atoms. The summed E-state index contributed by atoms with van der Waals surface area (Å²) in [6.45, 7) is 2.01. The molecule has 1 N–H and O–H groups in total. The highest BCUT2D eigenvalue weighted by molar-refractivity contribution is 8.00. The van der Waals surface area contributed by atoms with Crippen molar-refractivity contribution in [2.24, 2.45) is 0 Å². The highest BCUT2D eigenvalue weighted by Gasteiger charge is 2.17. The predicted molar refractivity (Wildman–Crippen MR) is 94.1 cm³/mol. The smallest absolute Gasteiger partial charge is 0.0665 e. The number of rotatable bonds is 4. The number of allylic oxidation sites excluding steroid dienone is 1. The van der Waals surface area contributed by atoms with Gasteiger partial charge in [-0.05, 0) is 55.5 Å². The first kappa shape index (κ1) is 17.5. The average molecular weight is 329 g/mol. The number of thiocarbonyl (C=S) groups is 1. The van der Waals surface area contributed by atoms with Crippen LogP contribution in [0.4, 0.5) is 0 Å². The SMILES string of the molecule is CN(C)Cc1ccc(SC2CCNC(=C=S)C2)cc1.Cl. The van der Waals surface area contributed by atoms with Crippen LogP contribution in [-0.4, -0.2) is 35.8 Å². The van der Waals surface area contributed by atoms with Crippen LogP contribution in [0.5, 0.6) is 0 Å². The van der Waals surface area contributed by atoms with Gasteiger partial charge in [-0.15, -0.1) is 24.2 Å². The van der Waals surface area contributed by atoms with E-state index < -0.39 is 0 Å². The molecule has 5 heteroatoms. The second-order valence-corrected chi connectivity index (χ2v) is 6.70. The molecule has 0 radical (unpaired) electrons. The van der Waals surface area contributed by atoms with Crippen LogP contribution in [-0.2, 0) is 6.54 Å². The Kier molecular flexibility index (Phi) is 7.63. The molecular weight excluding hydrogens is 308 g/mol. The Hall–Kier alpha value is -0.510. The molecule has 0 saturated carbocycles. The van der Waals surface area contributed by atoms with Crippen LogP contribution in [0.1, 0.15) is 18.4 Å². The number of thioether (sulfide) groups is 1. The van der Waals surface area contributed by atoms with Gasteiger partial charge in [-0.1, -0.05) is 12.1 Å². The Labute approximate surface area is 137 Å². The minimum absolute atomic E-state index is 0. The summed E-state index contributed by atoms with van der Waals surface area (Å²) in [5.41, 5.74) is 2.45. The zero-order valence-corrected chi connectivity index (χ0v) is 14.3. The Morgan fingerprint density at radius 2 is 2.05 bits per heavy atom. The van der Waals surface area contributed by atoms with Gasteiger partial charge in [0.05, 0.1) is 5.70 Å². The van der Waals surface area contributed by atoms with E-state index in [0.717, 1.165) is 25.2 Å². The molecule has 1 aliphatic rings. The van der Waals surface area contributed by atoms with Crippen molar-refractivity contribution in [3.8, 4) is 0 Å². The molecule has 1 fully saturated rings. The molecule has 1 atom stereocenters. The van der Waals surface area contributed by atoms with Gasteiger partial charge in [0.1, 0.15) is 0 Å². The molecule has 2 nitrogen and oxygen atoms in total. The molecule has 20 heavy (non-hydrogen) atoms. The van der Waals surface area contributed by atoms with E-state index in [4.69, 9.17) is 12.2 Å². The molecule has 0 amide bonds. The molecular formula is C15H21ClN2S2. The summed E-state index contributed by atoms with van der Waals surface area (Å²) in [7, 11) is 4.19. The molecule has 1 heterocycles. The van der Waals surface area contributed by atoms with Gasteiger partial charge in [0, 0.05) is 29.7 Å². The molecule has 1 saturated heterocycles. The van der Waals surface area contributed by atoms with Crippen molar-refractivity contribution in [1.29, 1.82) is 0 Å². The first-order valence-corrected chi connectivity index (χ1v) is 7.84. The summed E-state index contributed by atoms with van der Waals surface area (Å²) in [6, 6.07) is 8.90. The summed E-state index contributed by atoms with van der Waals surface area (Å²) in [5.74, 6) is 0. The van der Waals surface area contributed by atoms with Crippen molar-refractivity contribution in [3.63, 3.8) is 0 Å². The molecule has 1 aromatic rings. The second-order valence-electron chi connectivity index (χ2n) is 5.12. The lowest BCUT2D eigenvalue weighted by Gasteiger charge is -2.23. The maximum absolute atomic E-state index is 4.88. The Bertz CT molecular complexity index is 467. The van der Waals surface area contributed by atoms with Crippen molar-refractivity contribution < 1.29 is 0 Å². The van der Waals surface area contributed by atoms with Crippen molar-refractivity contribution in [1.82, 2.24) is 10.2 Å². The first-order valence-electron chi connectivity index (χ1n) is 6.55. The third kappa shape index (κ3) is 5.47. The maximum Gasteiger partial charge on any atom is 0.0665 e. The van der Waals surface area contributed by atoms with E-state index in [1.165, 1.54) is 16.9 Å². The Morgan fingerprint density at radius 1 is 1.35 bits per heavy atom. The molecule has 110 valence electrons. The molecule has 0 bridgehead atoms. The summed E-state index contributed by atoms with van der Waals surface area (Å²) in [4.78, 5) is 3.53. The van der Waals surface area contributed by atoms with E-state index in [1.807, 2.05) is 11.8 Å². The highest BCUT2D eigenvalue weighted by Crippen LogP contribution is 2.30. The monoisotopic (exact) mass is 328 g/mol. The lowest BCUT2D eigenvalue weighted by molar-refractivity contribution is 0.402. The minimum Gasteiger partial charge on any atom is -0.381 e. The molecule has 0 aromatic heterocycles. The predicted octanol–water partition coefficient (Wildman–Crippen LogP) is 3.50. The van der Waals surface area contributed by atoms with Gasteiger partial charge in [0.15, 0.2) is 0 Å². The van der Waals surface area contributed by atoms with Gasteiger partial charge in [-0.25, -0.2) is 0 Å². The molecule has 0 aliphatic carbocycles. The summed E-state index contributed by atoms with van der Waals surface area (Å²) < 4.78 is 0. The van der Waals surface area contributed by atoms with E-state index in [2.05, 4.69) is 53.6 Å². The van der Waals surface area contributed by atoms with E-state index >= 15 is 0 Å². The number of piperidine rings is 1. The summed E-state index contributed by atoms with van der Waals surface area (Å²) >= 11 is 6.83. The number of hydrogen-bond donors (Lipinski definition) is 1. The summed E-state index contributed by atoms with van der Waals surface area (Å²) in [5, 5.41) is 6.74. The van der Waals surface area contributed by atoms with Crippen LogP contribution >= 0.6 is 36.4 Å². The van der Waals surface area contributed by atoms with E-state index in [-0.39, 0.29) is 12.4 Å². The standard InChI is InChI=1S/C15H20N2S2.ClH/c1-17(2)10-12-3-5-14(6-4-12)19-15-7-8-16-13(9-15)11-18;/h3-6,15-16H,7-10H2,1-2H3;1H. The van der Waals surface area contributed by atoms with Gasteiger partial charge in [0.2, 0.25) is 0 Å². The van der Waals surface area contributed by atoms with Crippen LogP contribution < -0.4 is 5.32 Å². The topological polar surface area (TPSA) is 15.3 Å². The van der Waals surface area contributed by atoms with Gasteiger partial charge in [-0.2, -0.15) is 0 Å². The van der Waals surface area contributed by atoms with E-state index in [0.29, 0.717) is 5.25 Å². The average Bonchev–Trinajstić information content (AvgIpc) is 2.41. The quantitative estimate of drug-likeness (QED) is 0.850. The number of nitrogens with one attached hydrogen (secondary N) is 1. The van der Waals surface area contributed by atoms with Gasteiger partial charge < -0.3 is 10.2 Å². The van der Waals surface area contributed by atoms with Crippen LogP contribution in [0.2, 0.25) is 0 Å². The lowest BCUT2D eigenvalue weighted by Crippen LogP contribution is -2.27. The number of benzene rings is 1. The van der Waals surface area contributed by atoms with Crippen LogP contribution in [0.15, 0.2) is 34.9 Å². The van der Waals surface area contributed by atoms with Gasteiger partial charge in [-0.3, -0.25) is 0 Å². The van der Waals surface area contributed by atoms with Crippen molar-refractivity contribution in [3.05, 3.63) is 35.5 Å². The molecule has 2 rings (SSSR count). The number of nitrogens with zero attached hydrogens (tertiary/aromatic N) is 1. The van der Waals surface area contributed by atoms with Crippen molar-refractivity contribution in [2.75, 3.05) is 20.6 Å². The zero-order chi connectivity index (χ0) is 13.7. The largest absolute Gasteiger partial charge is 0.381 e. The van der Waals surface area contributed by atoms with Crippen molar-refractivity contribution >= 4 is 41.4 Å². The third-order valence-electron chi connectivity index (χ3n) is 3.08. The van der Waals surface area contributed by atoms with Gasteiger partial charge in [0.25, 0.3) is 0 Å². The third-order valence-corrected chi connectivity index (χ3v) is 4.61. The fourth-order valence-corrected chi connectivity index (χ4v) is 3.51. The van der Waals surface area contributed by atoms with Crippen LogP contribution in [0.3, 0.4) is 0 Å². The Balaban J connectivity index is 0.00000200. The zero-order valence-electron chi connectivity index (χ0n) is 11.9. The fourth-order valence-electron chi connectivity index (χ4n) is 2.20. The Morgan fingerprint density at radius 3 is 2.65 bits per heavy atom. The van der Waals surface area contributed by atoms with Crippen LogP contribution in [0, 0.1) is 0 Å². The highest BCUT2D eigenvalue weighted by atomic mass is 35.5. The first-order chi connectivity index (χ1) is 9.17. The summed E-state index contributed by atoms with van der Waals surface area (Å²) in [6.07, 6.45) is 2.19. The lowest BCUT2D eigenvalue weighted by atomic mass is 10.1. The second kappa shape index (κ2) is 8.71. The van der Waals surface area contributed by atoms with Gasteiger partial charge >= 0.3 is 0 Å². The molecule has 1 aromatic carbocycles. The van der Waals surface area contributed by atoms with E-state index in [1.54, 1.807) is 0 Å².